The number of hydrogen-bond acceptors (Lipinski definition) is 3. The predicted molar refractivity (Wildman–Crippen MR) is 72.4 cm³/mol. The number of carbonyl (C=O) groups is 1. The number of benzene rings is 1. The molecule has 0 aliphatic heterocycles. The van der Waals surface area contributed by atoms with Gasteiger partial charge in [0.25, 0.3) is 0 Å². The van der Waals surface area contributed by atoms with Gasteiger partial charge in [0.2, 0.25) is 0 Å². The third-order valence-electron chi connectivity index (χ3n) is 2.91. The fourth-order valence-corrected chi connectivity index (χ4v) is 1.91. The topological polar surface area (TPSA) is 62.5 Å². The van der Waals surface area contributed by atoms with Gasteiger partial charge in [-0.05, 0) is 30.7 Å². The van der Waals surface area contributed by atoms with Crippen molar-refractivity contribution in [2.45, 2.75) is 19.5 Å². The van der Waals surface area contributed by atoms with E-state index < -0.39 is 5.97 Å². The van der Waals surface area contributed by atoms with Crippen LogP contribution in [0.1, 0.15) is 34.6 Å². The Morgan fingerprint density at radius 2 is 2.05 bits per heavy atom. The van der Waals surface area contributed by atoms with E-state index in [4.69, 9.17) is 21.1 Å². The molecule has 1 atom stereocenters. The van der Waals surface area contributed by atoms with Crippen LogP contribution >= 0.6 is 11.6 Å². The maximum absolute atomic E-state index is 10.9. The monoisotopic (exact) mass is 279 g/mol. The average Bonchev–Trinajstić information content (AvgIpc) is 2.85. The lowest BCUT2D eigenvalue weighted by Gasteiger charge is -2.13. The fraction of sp³-hybridized carbons (Fsp3) is 0.214. The lowest BCUT2D eigenvalue weighted by atomic mass is 10.1. The van der Waals surface area contributed by atoms with Crippen molar-refractivity contribution in [3.63, 3.8) is 0 Å². The Morgan fingerprint density at radius 3 is 2.68 bits per heavy atom. The van der Waals surface area contributed by atoms with Gasteiger partial charge in [-0.2, -0.15) is 0 Å². The summed E-state index contributed by atoms with van der Waals surface area (Å²) in [5.41, 5.74) is 1.27. The first-order valence-corrected chi connectivity index (χ1v) is 6.24. The molecule has 0 unspecified atom stereocenters. The Morgan fingerprint density at radius 1 is 1.37 bits per heavy atom. The third-order valence-corrected chi connectivity index (χ3v) is 3.17. The molecule has 0 spiro atoms. The van der Waals surface area contributed by atoms with Crippen molar-refractivity contribution in [3.05, 3.63) is 58.5 Å². The smallest absolute Gasteiger partial charge is 0.339 e. The van der Waals surface area contributed by atoms with E-state index in [1.165, 1.54) is 12.3 Å². The molecule has 0 fully saturated rings. The summed E-state index contributed by atoms with van der Waals surface area (Å²) < 4.78 is 5.17. The van der Waals surface area contributed by atoms with E-state index >= 15 is 0 Å². The van der Waals surface area contributed by atoms with Gasteiger partial charge in [-0.25, -0.2) is 4.79 Å². The predicted octanol–water partition coefficient (Wildman–Crippen LogP) is 3.48. The van der Waals surface area contributed by atoms with Gasteiger partial charge in [0.05, 0.1) is 12.8 Å². The zero-order valence-electron chi connectivity index (χ0n) is 10.4. The largest absolute Gasteiger partial charge is 0.478 e. The highest BCUT2D eigenvalue weighted by Crippen LogP contribution is 2.17. The first kappa shape index (κ1) is 13.6. The van der Waals surface area contributed by atoms with Gasteiger partial charge in [0, 0.05) is 11.1 Å². The molecule has 0 aliphatic carbocycles. The Bertz CT molecular complexity index is 562. The molecular formula is C14H14ClNO3. The minimum atomic E-state index is -0.982. The van der Waals surface area contributed by atoms with Crippen LogP contribution in [0.25, 0.3) is 0 Å². The lowest BCUT2D eigenvalue weighted by Crippen LogP contribution is -2.19. The van der Waals surface area contributed by atoms with Crippen molar-refractivity contribution < 1.29 is 14.3 Å². The highest BCUT2D eigenvalue weighted by atomic mass is 35.5. The molecule has 5 heteroatoms. The Kier molecular flexibility index (Phi) is 4.24. The molecule has 0 saturated carbocycles. The molecule has 0 bridgehead atoms. The van der Waals surface area contributed by atoms with Gasteiger partial charge in [-0.1, -0.05) is 23.7 Å². The van der Waals surface area contributed by atoms with Gasteiger partial charge >= 0.3 is 5.97 Å². The summed E-state index contributed by atoms with van der Waals surface area (Å²) in [6.07, 6.45) is 1.38. The second-order valence-corrected chi connectivity index (χ2v) is 4.65. The third kappa shape index (κ3) is 3.36. The first-order valence-electron chi connectivity index (χ1n) is 5.86. The van der Waals surface area contributed by atoms with Crippen molar-refractivity contribution in [2.75, 3.05) is 0 Å². The number of carboxylic acid groups (broad SMARTS) is 1. The van der Waals surface area contributed by atoms with Crippen molar-refractivity contribution >= 4 is 17.6 Å². The molecule has 0 saturated heterocycles. The van der Waals surface area contributed by atoms with Crippen molar-refractivity contribution in [2.24, 2.45) is 0 Å². The summed E-state index contributed by atoms with van der Waals surface area (Å²) in [7, 11) is 0. The van der Waals surface area contributed by atoms with Crippen LogP contribution in [0.2, 0.25) is 5.02 Å². The van der Waals surface area contributed by atoms with E-state index in [0.29, 0.717) is 17.3 Å². The number of aromatic carboxylic acids is 1. The van der Waals surface area contributed by atoms with Crippen LogP contribution in [0.3, 0.4) is 0 Å². The Hall–Kier alpha value is -1.78. The average molecular weight is 280 g/mol. The molecule has 1 heterocycles. The second kappa shape index (κ2) is 5.91. The number of furan rings is 1. The van der Waals surface area contributed by atoms with Gasteiger partial charge in [-0.15, -0.1) is 0 Å². The standard InChI is InChI=1S/C14H14ClNO3/c1-9(10-2-4-11(15)5-3-10)16-8-13-12(14(17)18)6-7-19-13/h2-7,9,16H,8H2,1H3,(H,17,18)/t9-/m0/s1. The number of rotatable bonds is 5. The second-order valence-electron chi connectivity index (χ2n) is 4.22. The molecule has 1 aromatic heterocycles. The molecule has 2 aromatic rings. The van der Waals surface area contributed by atoms with Crippen molar-refractivity contribution in [1.82, 2.24) is 5.32 Å². The molecule has 0 aliphatic rings. The van der Waals surface area contributed by atoms with Crippen LogP contribution in [0.4, 0.5) is 0 Å². The molecule has 0 amide bonds. The summed E-state index contributed by atoms with van der Waals surface area (Å²) in [5.74, 6) is -0.557. The summed E-state index contributed by atoms with van der Waals surface area (Å²) in [6.45, 7) is 2.35. The van der Waals surface area contributed by atoms with E-state index in [-0.39, 0.29) is 11.6 Å². The molecular weight excluding hydrogens is 266 g/mol. The van der Waals surface area contributed by atoms with E-state index in [9.17, 15) is 4.79 Å². The summed E-state index contributed by atoms with van der Waals surface area (Å²) in [5, 5.41) is 12.9. The quantitative estimate of drug-likeness (QED) is 0.879. The summed E-state index contributed by atoms with van der Waals surface area (Å²) in [4.78, 5) is 10.9. The maximum atomic E-state index is 10.9. The zero-order chi connectivity index (χ0) is 13.8. The van der Waals surface area contributed by atoms with Crippen LogP contribution in [-0.4, -0.2) is 11.1 Å². The SMILES string of the molecule is C[C@H](NCc1occc1C(=O)O)c1ccc(Cl)cc1. The molecule has 4 nitrogen and oxygen atoms in total. The van der Waals surface area contributed by atoms with Gasteiger partial charge in [0.1, 0.15) is 11.3 Å². The zero-order valence-corrected chi connectivity index (χ0v) is 11.1. The Labute approximate surface area is 116 Å². The minimum absolute atomic E-state index is 0.0732. The van der Waals surface area contributed by atoms with E-state index in [1.807, 2.05) is 31.2 Å². The first-order chi connectivity index (χ1) is 9.08. The van der Waals surface area contributed by atoms with Crippen LogP contribution in [0, 0.1) is 0 Å². The normalized spacial score (nSPS) is 12.3. The van der Waals surface area contributed by atoms with E-state index in [0.717, 1.165) is 5.56 Å². The molecule has 2 rings (SSSR count). The highest BCUT2D eigenvalue weighted by molar-refractivity contribution is 6.30. The molecule has 1 aromatic carbocycles. The van der Waals surface area contributed by atoms with Crippen LogP contribution in [0.15, 0.2) is 41.0 Å². The summed E-state index contributed by atoms with van der Waals surface area (Å²) in [6, 6.07) is 9.03. The highest BCUT2D eigenvalue weighted by Gasteiger charge is 2.14. The van der Waals surface area contributed by atoms with Crippen LogP contribution in [-0.2, 0) is 6.54 Å². The van der Waals surface area contributed by atoms with Gasteiger partial charge < -0.3 is 14.8 Å². The minimum Gasteiger partial charge on any atom is -0.478 e. The molecule has 0 radical (unpaired) electrons. The fourth-order valence-electron chi connectivity index (χ4n) is 1.78. The number of hydrogen-bond donors (Lipinski definition) is 2. The summed E-state index contributed by atoms with van der Waals surface area (Å²) >= 11 is 5.83. The van der Waals surface area contributed by atoms with Crippen molar-refractivity contribution in [1.29, 1.82) is 0 Å². The van der Waals surface area contributed by atoms with E-state index in [1.54, 1.807) is 0 Å². The lowest BCUT2D eigenvalue weighted by molar-refractivity contribution is 0.0694. The Balaban J connectivity index is 2.00. The van der Waals surface area contributed by atoms with E-state index in [2.05, 4.69) is 5.32 Å². The molecule has 19 heavy (non-hydrogen) atoms. The number of nitrogens with one attached hydrogen (secondary N) is 1. The maximum Gasteiger partial charge on any atom is 0.339 e. The van der Waals surface area contributed by atoms with Gasteiger partial charge in [-0.3, -0.25) is 0 Å². The van der Waals surface area contributed by atoms with Crippen LogP contribution in [0.5, 0.6) is 0 Å². The molecule has 2 N–H and O–H groups in total. The van der Waals surface area contributed by atoms with Crippen LogP contribution < -0.4 is 5.32 Å². The molecule has 100 valence electrons. The number of halogens is 1. The number of carboxylic acids is 1. The van der Waals surface area contributed by atoms with Crippen molar-refractivity contribution in [3.8, 4) is 0 Å². The van der Waals surface area contributed by atoms with Gasteiger partial charge in [0.15, 0.2) is 0 Å².